The standard InChI is InChI=1S/C51H34N2O/c1-4-14-35(15-5-1)39-21-12-22-43(32-39)53(48-24-13-25-49-50(48)46-34-41-20-10-11-23-47(41)52-51(46)54-49)42-29-26-38(27-30-42)44-31-28-40(36-16-6-2-7-17-36)33-45(44)37-18-8-3-9-19-37/h1-34H. The molecule has 3 heteroatoms. The van der Waals surface area contributed by atoms with Gasteiger partial charge in [0.1, 0.15) is 5.58 Å². The number of hydrogen-bond donors (Lipinski definition) is 0. The Morgan fingerprint density at radius 1 is 0.389 bits per heavy atom. The maximum absolute atomic E-state index is 6.45. The normalized spacial score (nSPS) is 11.3. The van der Waals surface area contributed by atoms with Crippen LogP contribution >= 0.6 is 0 Å². The summed E-state index contributed by atoms with van der Waals surface area (Å²) in [4.78, 5) is 7.28. The van der Waals surface area contributed by atoms with Crippen LogP contribution < -0.4 is 4.90 Å². The van der Waals surface area contributed by atoms with E-state index in [1.165, 1.54) is 33.4 Å². The van der Waals surface area contributed by atoms with E-state index in [4.69, 9.17) is 9.40 Å². The lowest BCUT2D eigenvalue weighted by molar-refractivity contribution is 0.656. The van der Waals surface area contributed by atoms with Gasteiger partial charge in [0, 0.05) is 16.8 Å². The highest BCUT2D eigenvalue weighted by Gasteiger charge is 2.21. The number of nitrogens with zero attached hydrogens (tertiary/aromatic N) is 2. The molecule has 0 spiro atoms. The summed E-state index contributed by atoms with van der Waals surface area (Å²) in [6, 6.07) is 73.1. The first-order valence-corrected chi connectivity index (χ1v) is 18.3. The first-order chi connectivity index (χ1) is 26.8. The van der Waals surface area contributed by atoms with Crippen molar-refractivity contribution in [2.75, 3.05) is 4.90 Å². The third kappa shape index (κ3) is 5.69. The van der Waals surface area contributed by atoms with E-state index in [0.29, 0.717) is 5.71 Å². The van der Waals surface area contributed by atoms with Crippen molar-refractivity contribution in [1.82, 2.24) is 4.98 Å². The first kappa shape index (κ1) is 31.5. The van der Waals surface area contributed by atoms with Crippen LogP contribution in [0, 0.1) is 0 Å². The molecule has 0 unspecified atom stereocenters. The maximum atomic E-state index is 6.45. The quantitative estimate of drug-likeness (QED) is 0.167. The Balaban J connectivity index is 1.15. The molecule has 254 valence electrons. The zero-order valence-electron chi connectivity index (χ0n) is 29.4. The molecule has 0 N–H and O–H groups in total. The molecular weight excluding hydrogens is 657 g/mol. The summed E-state index contributed by atoms with van der Waals surface area (Å²) in [7, 11) is 0. The molecule has 0 radical (unpaired) electrons. The Labute approximate surface area is 314 Å². The molecule has 0 aliphatic heterocycles. The number of rotatable bonds is 7. The van der Waals surface area contributed by atoms with Crippen LogP contribution in [0.1, 0.15) is 0 Å². The predicted octanol–water partition coefficient (Wildman–Crippen LogP) is 14.3. The lowest BCUT2D eigenvalue weighted by atomic mass is 9.91. The minimum absolute atomic E-state index is 0.636. The largest absolute Gasteiger partial charge is 0.438 e. The fourth-order valence-electron chi connectivity index (χ4n) is 7.66. The van der Waals surface area contributed by atoms with Crippen molar-refractivity contribution < 1.29 is 4.42 Å². The van der Waals surface area contributed by atoms with Crippen LogP contribution in [-0.2, 0) is 0 Å². The van der Waals surface area contributed by atoms with Gasteiger partial charge in [-0.3, -0.25) is 0 Å². The summed E-state index contributed by atoms with van der Waals surface area (Å²) < 4.78 is 6.45. The van der Waals surface area contributed by atoms with E-state index < -0.39 is 0 Å². The van der Waals surface area contributed by atoms with Crippen molar-refractivity contribution in [3.63, 3.8) is 0 Å². The van der Waals surface area contributed by atoms with E-state index in [1.807, 2.05) is 18.2 Å². The summed E-state index contributed by atoms with van der Waals surface area (Å²) in [6.45, 7) is 0. The van der Waals surface area contributed by atoms with Gasteiger partial charge in [-0.1, -0.05) is 152 Å². The Hall–Kier alpha value is -7.23. The second-order valence-electron chi connectivity index (χ2n) is 13.6. The number of benzene rings is 8. The summed E-state index contributed by atoms with van der Waals surface area (Å²) in [6.07, 6.45) is 0. The monoisotopic (exact) mass is 690 g/mol. The van der Waals surface area contributed by atoms with Gasteiger partial charge in [0.15, 0.2) is 0 Å². The van der Waals surface area contributed by atoms with E-state index in [0.717, 1.165) is 55.4 Å². The minimum atomic E-state index is 0.636. The van der Waals surface area contributed by atoms with E-state index in [9.17, 15) is 0 Å². The second-order valence-corrected chi connectivity index (χ2v) is 13.6. The number of furan rings is 1. The third-order valence-electron chi connectivity index (χ3n) is 10.3. The van der Waals surface area contributed by atoms with Crippen LogP contribution in [0.5, 0.6) is 0 Å². The maximum Gasteiger partial charge on any atom is 0.227 e. The fourth-order valence-corrected chi connectivity index (χ4v) is 7.66. The van der Waals surface area contributed by atoms with Gasteiger partial charge in [0.05, 0.1) is 22.0 Å². The minimum Gasteiger partial charge on any atom is -0.438 e. The van der Waals surface area contributed by atoms with E-state index in [-0.39, 0.29) is 0 Å². The van der Waals surface area contributed by atoms with Crippen molar-refractivity contribution in [2.24, 2.45) is 0 Å². The molecule has 10 aromatic rings. The van der Waals surface area contributed by atoms with Gasteiger partial charge in [0.2, 0.25) is 5.71 Å². The molecule has 0 fully saturated rings. The molecule has 0 atom stereocenters. The SMILES string of the molecule is c1ccc(-c2cccc(N(c3ccc(-c4ccc(-c5ccccc5)cc4-c4ccccc4)cc3)c3cccc4oc5nc6ccccc6cc5c34)c2)cc1. The summed E-state index contributed by atoms with van der Waals surface area (Å²) in [5, 5.41) is 3.10. The van der Waals surface area contributed by atoms with Crippen molar-refractivity contribution >= 4 is 50.0 Å². The Bertz CT molecular complexity index is 2920. The second kappa shape index (κ2) is 13.4. The lowest BCUT2D eigenvalue weighted by Crippen LogP contribution is -2.10. The van der Waals surface area contributed by atoms with Crippen molar-refractivity contribution in [3.8, 4) is 44.5 Å². The number of anilines is 3. The van der Waals surface area contributed by atoms with Crippen LogP contribution in [0.3, 0.4) is 0 Å². The van der Waals surface area contributed by atoms with E-state index >= 15 is 0 Å². The van der Waals surface area contributed by atoms with Gasteiger partial charge < -0.3 is 9.32 Å². The highest BCUT2D eigenvalue weighted by Crippen LogP contribution is 2.45. The van der Waals surface area contributed by atoms with Crippen LogP contribution in [-0.4, -0.2) is 4.98 Å². The number of hydrogen-bond acceptors (Lipinski definition) is 3. The molecular formula is C51H34N2O. The van der Waals surface area contributed by atoms with Gasteiger partial charge in [-0.2, -0.15) is 0 Å². The molecule has 2 aromatic heterocycles. The Morgan fingerprint density at radius 2 is 0.981 bits per heavy atom. The van der Waals surface area contributed by atoms with Gasteiger partial charge in [0.25, 0.3) is 0 Å². The molecule has 0 amide bonds. The molecule has 2 heterocycles. The van der Waals surface area contributed by atoms with Crippen molar-refractivity contribution in [3.05, 3.63) is 206 Å². The Kier molecular flexibility index (Phi) is 7.81. The topological polar surface area (TPSA) is 29.3 Å². The van der Waals surface area contributed by atoms with Crippen molar-refractivity contribution in [2.45, 2.75) is 0 Å². The Morgan fingerprint density at radius 3 is 1.72 bits per heavy atom. The van der Waals surface area contributed by atoms with Crippen LogP contribution in [0.15, 0.2) is 211 Å². The first-order valence-electron chi connectivity index (χ1n) is 18.3. The van der Waals surface area contributed by atoms with Crippen LogP contribution in [0.4, 0.5) is 17.1 Å². The molecule has 10 rings (SSSR count). The van der Waals surface area contributed by atoms with E-state index in [1.54, 1.807) is 0 Å². The summed E-state index contributed by atoms with van der Waals surface area (Å²) in [5.74, 6) is 0. The van der Waals surface area contributed by atoms with E-state index in [2.05, 4.69) is 193 Å². The summed E-state index contributed by atoms with van der Waals surface area (Å²) >= 11 is 0. The molecule has 3 nitrogen and oxygen atoms in total. The van der Waals surface area contributed by atoms with Crippen LogP contribution in [0.2, 0.25) is 0 Å². The molecule has 0 saturated heterocycles. The number of para-hydroxylation sites is 1. The third-order valence-corrected chi connectivity index (χ3v) is 10.3. The number of aromatic nitrogens is 1. The fraction of sp³-hybridized carbons (Fsp3) is 0. The number of pyridine rings is 1. The number of fused-ring (bicyclic) bond motifs is 4. The van der Waals surface area contributed by atoms with Gasteiger partial charge in [-0.15, -0.1) is 0 Å². The smallest absolute Gasteiger partial charge is 0.227 e. The van der Waals surface area contributed by atoms with Gasteiger partial charge in [-0.05, 0) is 99.1 Å². The molecule has 0 bridgehead atoms. The molecule has 0 aliphatic rings. The zero-order valence-corrected chi connectivity index (χ0v) is 29.4. The molecule has 0 saturated carbocycles. The van der Waals surface area contributed by atoms with Gasteiger partial charge >= 0.3 is 0 Å². The molecule has 8 aromatic carbocycles. The van der Waals surface area contributed by atoms with Gasteiger partial charge in [-0.25, -0.2) is 4.98 Å². The zero-order chi connectivity index (χ0) is 35.8. The van der Waals surface area contributed by atoms with Crippen LogP contribution in [0.25, 0.3) is 77.5 Å². The highest BCUT2D eigenvalue weighted by molar-refractivity contribution is 6.14. The average molecular weight is 691 g/mol. The lowest BCUT2D eigenvalue weighted by Gasteiger charge is -2.27. The molecule has 0 aliphatic carbocycles. The summed E-state index contributed by atoms with van der Waals surface area (Å²) in [5.41, 5.74) is 14.9. The molecule has 54 heavy (non-hydrogen) atoms. The average Bonchev–Trinajstić information content (AvgIpc) is 3.62. The van der Waals surface area contributed by atoms with Crippen molar-refractivity contribution in [1.29, 1.82) is 0 Å². The highest BCUT2D eigenvalue weighted by atomic mass is 16.3. The predicted molar refractivity (Wildman–Crippen MR) is 225 cm³/mol.